The van der Waals surface area contributed by atoms with Gasteiger partial charge in [0.2, 0.25) is 0 Å². The second kappa shape index (κ2) is 12.9. The largest absolute Gasteiger partial charge is 0.456 e. The quantitative estimate of drug-likeness (QED) is 0.176. The fourth-order valence-electron chi connectivity index (χ4n) is 9.10. The number of rotatable bonds is 5. The molecule has 0 saturated heterocycles. The molecule has 0 radical (unpaired) electrons. The maximum Gasteiger partial charge on any atom is 0.163 e. The number of hydrogen-bond acceptors (Lipinski definition) is 4. The first-order valence-corrected chi connectivity index (χ1v) is 19.7. The Bertz CT molecular complexity index is 3390. The van der Waals surface area contributed by atoms with E-state index >= 15 is 0 Å². The molecule has 1 aliphatic carbocycles. The predicted octanol–water partition coefficient (Wildman–Crippen LogP) is 13.9. The second-order valence-electron chi connectivity index (χ2n) is 15.1. The molecule has 4 heteroatoms. The van der Waals surface area contributed by atoms with Gasteiger partial charge in [-0.15, -0.1) is 0 Å². The van der Waals surface area contributed by atoms with E-state index in [0.717, 1.165) is 55.6 Å². The number of aromatic nitrogens is 3. The highest BCUT2D eigenvalue weighted by Gasteiger charge is 2.34. The van der Waals surface area contributed by atoms with Crippen LogP contribution in [0.25, 0.3) is 99.6 Å². The number of para-hydroxylation sites is 1. The van der Waals surface area contributed by atoms with Gasteiger partial charge in [-0.25, -0.2) is 15.0 Å². The Morgan fingerprint density at radius 1 is 0.362 bits per heavy atom. The van der Waals surface area contributed by atoms with Crippen molar-refractivity contribution in [2.24, 2.45) is 0 Å². The molecule has 1 aliphatic rings. The molecule has 11 aromatic rings. The summed E-state index contributed by atoms with van der Waals surface area (Å²) in [5, 5.41) is 7.09. The standard InChI is InChI=1S/C54H33N3O/c1-3-13-33(14-4-1)34-23-25-37(26-24-34)53-55-52(36-16-5-2-6-17-36)56-54(57-53)51-42-29-28-38(31-46(42)49-39-18-8-7-15-35(39)27-30-44(49)51)45-32-48-50(41-20-10-9-19-40(41)45)43-21-11-12-22-47(43)58-48/h1-32,51H. The molecule has 12 rings (SSSR count). The monoisotopic (exact) mass is 739 g/mol. The highest BCUT2D eigenvalue weighted by molar-refractivity contribution is 6.22. The van der Waals surface area contributed by atoms with Crippen LogP contribution >= 0.6 is 0 Å². The van der Waals surface area contributed by atoms with Crippen molar-refractivity contribution in [2.75, 3.05) is 0 Å². The molecule has 1 unspecified atom stereocenters. The summed E-state index contributed by atoms with van der Waals surface area (Å²) in [6.45, 7) is 0. The molecular formula is C54H33N3O. The fourth-order valence-corrected chi connectivity index (χ4v) is 9.10. The van der Waals surface area contributed by atoms with Crippen LogP contribution < -0.4 is 0 Å². The maximum absolute atomic E-state index is 6.51. The van der Waals surface area contributed by atoms with Crippen molar-refractivity contribution in [3.05, 3.63) is 211 Å². The van der Waals surface area contributed by atoms with Gasteiger partial charge in [0.05, 0.1) is 5.92 Å². The molecule has 270 valence electrons. The van der Waals surface area contributed by atoms with Crippen molar-refractivity contribution >= 4 is 43.5 Å². The first-order chi connectivity index (χ1) is 28.7. The molecule has 0 spiro atoms. The first kappa shape index (κ1) is 32.5. The number of fused-ring (bicyclic) bond motifs is 10. The molecular weight excluding hydrogens is 707 g/mol. The molecule has 4 nitrogen and oxygen atoms in total. The molecule has 58 heavy (non-hydrogen) atoms. The van der Waals surface area contributed by atoms with Crippen molar-refractivity contribution in [1.82, 2.24) is 15.0 Å². The number of hydrogen-bond donors (Lipinski definition) is 0. The smallest absolute Gasteiger partial charge is 0.163 e. The Hall–Kier alpha value is -7.69. The molecule has 0 fully saturated rings. The average Bonchev–Trinajstić information content (AvgIpc) is 3.85. The van der Waals surface area contributed by atoms with E-state index in [9.17, 15) is 0 Å². The third kappa shape index (κ3) is 5.12. The van der Waals surface area contributed by atoms with Gasteiger partial charge in [0.25, 0.3) is 0 Å². The summed E-state index contributed by atoms with van der Waals surface area (Å²) in [5.74, 6) is 1.84. The van der Waals surface area contributed by atoms with Gasteiger partial charge < -0.3 is 4.42 Å². The highest BCUT2D eigenvalue weighted by Crippen LogP contribution is 2.52. The van der Waals surface area contributed by atoms with Crippen molar-refractivity contribution < 1.29 is 4.42 Å². The Kier molecular flexibility index (Phi) is 7.26. The van der Waals surface area contributed by atoms with Crippen LogP contribution in [-0.4, -0.2) is 15.0 Å². The minimum Gasteiger partial charge on any atom is -0.456 e. The summed E-state index contributed by atoms with van der Waals surface area (Å²) in [7, 11) is 0. The molecule has 0 bridgehead atoms. The second-order valence-corrected chi connectivity index (χ2v) is 15.1. The van der Waals surface area contributed by atoms with Crippen LogP contribution in [0.4, 0.5) is 0 Å². The van der Waals surface area contributed by atoms with Crippen LogP contribution in [0, 0.1) is 0 Å². The first-order valence-electron chi connectivity index (χ1n) is 19.7. The van der Waals surface area contributed by atoms with E-state index < -0.39 is 0 Å². The molecule has 9 aromatic carbocycles. The van der Waals surface area contributed by atoms with Crippen molar-refractivity contribution in [3.63, 3.8) is 0 Å². The topological polar surface area (TPSA) is 51.8 Å². The van der Waals surface area contributed by atoms with E-state index in [1.54, 1.807) is 0 Å². The summed E-state index contributed by atoms with van der Waals surface area (Å²) < 4.78 is 6.51. The summed E-state index contributed by atoms with van der Waals surface area (Å²) in [6, 6.07) is 68.6. The molecule has 0 aliphatic heterocycles. The number of nitrogens with zero attached hydrogens (tertiary/aromatic N) is 3. The third-order valence-electron chi connectivity index (χ3n) is 11.8. The van der Waals surface area contributed by atoms with Crippen molar-refractivity contribution in [2.45, 2.75) is 5.92 Å². The zero-order chi connectivity index (χ0) is 38.2. The zero-order valence-electron chi connectivity index (χ0n) is 31.3. The lowest BCUT2D eigenvalue weighted by Gasteiger charge is -2.16. The van der Waals surface area contributed by atoms with Gasteiger partial charge >= 0.3 is 0 Å². The average molecular weight is 740 g/mol. The number of furan rings is 1. The van der Waals surface area contributed by atoms with Crippen LogP contribution in [0.2, 0.25) is 0 Å². The highest BCUT2D eigenvalue weighted by atomic mass is 16.3. The SMILES string of the molecule is c1ccc(-c2ccc(-c3nc(-c4ccccc4)nc(C4c5ccc(-c6cc7oc8ccccc8c7c7ccccc67)cc5-c5c4ccc4ccccc54)n3)cc2)cc1. The van der Waals surface area contributed by atoms with Crippen molar-refractivity contribution in [3.8, 4) is 56.2 Å². The lowest BCUT2D eigenvalue weighted by atomic mass is 9.91. The van der Waals surface area contributed by atoms with E-state index in [0.29, 0.717) is 11.6 Å². The van der Waals surface area contributed by atoms with Gasteiger partial charge in [0.1, 0.15) is 17.0 Å². The lowest BCUT2D eigenvalue weighted by molar-refractivity contribution is 0.669. The summed E-state index contributed by atoms with van der Waals surface area (Å²) in [5.41, 5.74) is 13.1. The van der Waals surface area contributed by atoms with Gasteiger partial charge in [-0.3, -0.25) is 0 Å². The third-order valence-corrected chi connectivity index (χ3v) is 11.8. The maximum atomic E-state index is 6.51. The Balaban J connectivity index is 1.07. The van der Waals surface area contributed by atoms with Crippen molar-refractivity contribution in [1.29, 1.82) is 0 Å². The van der Waals surface area contributed by atoms with Gasteiger partial charge in [0.15, 0.2) is 11.6 Å². The van der Waals surface area contributed by atoms with E-state index in [4.69, 9.17) is 19.4 Å². The summed E-state index contributed by atoms with van der Waals surface area (Å²) in [6.07, 6.45) is 0. The lowest BCUT2D eigenvalue weighted by Crippen LogP contribution is -2.09. The van der Waals surface area contributed by atoms with Gasteiger partial charge in [-0.05, 0) is 84.3 Å². The number of benzene rings is 9. The van der Waals surface area contributed by atoms with E-state index in [2.05, 4.69) is 164 Å². The molecule has 1 atom stereocenters. The molecule has 0 amide bonds. The summed E-state index contributed by atoms with van der Waals surface area (Å²) in [4.78, 5) is 15.7. The van der Waals surface area contributed by atoms with Crippen LogP contribution in [0.15, 0.2) is 199 Å². The predicted molar refractivity (Wildman–Crippen MR) is 237 cm³/mol. The van der Waals surface area contributed by atoms with E-state index in [1.165, 1.54) is 49.4 Å². The summed E-state index contributed by atoms with van der Waals surface area (Å²) >= 11 is 0. The Morgan fingerprint density at radius 3 is 1.71 bits per heavy atom. The Morgan fingerprint density at radius 2 is 0.931 bits per heavy atom. The van der Waals surface area contributed by atoms with Gasteiger partial charge in [-0.1, -0.05) is 176 Å². The Labute approximate surface area is 334 Å². The van der Waals surface area contributed by atoms with Gasteiger partial charge in [0, 0.05) is 21.9 Å². The van der Waals surface area contributed by atoms with E-state index in [-0.39, 0.29) is 5.92 Å². The van der Waals surface area contributed by atoms with E-state index in [1.807, 2.05) is 30.3 Å². The molecule has 0 N–H and O–H groups in total. The van der Waals surface area contributed by atoms with Crippen LogP contribution in [-0.2, 0) is 0 Å². The molecule has 2 heterocycles. The van der Waals surface area contributed by atoms with Crippen LogP contribution in [0.1, 0.15) is 22.9 Å². The fraction of sp³-hybridized carbons (Fsp3) is 0.0185. The van der Waals surface area contributed by atoms with Crippen LogP contribution in [0.3, 0.4) is 0 Å². The minimum absolute atomic E-state index is 0.203. The zero-order valence-corrected chi connectivity index (χ0v) is 31.3. The molecule has 0 saturated carbocycles. The minimum atomic E-state index is -0.203. The normalized spacial score (nSPS) is 13.3. The van der Waals surface area contributed by atoms with Crippen LogP contribution in [0.5, 0.6) is 0 Å². The molecule has 2 aromatic heterocycles. The van der Waals surface area contributed by atoms with Gasteiger partial charge in [-0.2, -0.15) is 0 Å².